The van der Waals surface area contributed by atoms with Gasteiger partial charge in [0.25, 0.3) is 0 Å². The van der Waals surface area contributed by atoms with E-state index >= 15 is 0 Å². The molecular weight excluding hydrogens is 420 g/mol. The monoisotopic (exact) mass is 440 g/mol. The zero-order chi connectivity index (χ0) is 22.9. The molecule has 0 bridgehead atoms. The van der Waals surface area contributed by atoms with E-state index in [9.17, 15) is 9.59 Å². The summed E-state index contributed by atoms with van der Waals surface area (Å²) < 4.78 is 22.7. The quantitative estimate of drug-likeness (QED) is 0.311. The van der Waals surface area contributed by atoms with Gasteiger partial charge in [0.2, 0.25) is 17.0 Å². The van der Waals surface area contributed by atoms with E-state index in [-0.39, 0.29) is 35.1 Å². The molecule has 2 heterocycles. The number of ether oxygens (including phenoxy) is 2. The third-order valence-corrected chi connectivity index (χ3v) is 5.41. The van der Waals surface area contributed by atoms with Crippen molar-refractivity contribution in [2.24, 2.45) is 0 Å². The highest BCUT2D eigenvalue weighted by Gasteiger charge is 2.21. The Morgan fingerprint density at radius 2 is 1.70 bits per heavy atom. The summed E-state index contributed by atoms with van der Waals surface area (Å²) >= 11 is 0. The Morgan fingerprint density at radius 1 is 0.909 bits per heavy atom. The number of benzene rings is 3. The van der Waals surface area contributed by atoms with Crippen molar-refractivity contribution in [1.82, 2.24) is 0 Å². The summed E-state index contributed by atoms with van der Waals surface area (Å²) in [6, 6.07) is 21.4. The van der Waals surface area contributed by atoms with Crippen molar-refractivity contribution in [3.63, 3.8) is 0 Å². The molecule has 0 atom stereocenters. The first-order chi connectivity index (χ1) is 16.0. The number of Topliss-reactive ketones (excluding diaryl/α,β-unsaturated/α-hetero) is 1. The van der Waals surface area contributed by atoms with Gasteiger partial charge in [-0.05, 0) is 61.0 Å². The summed E-state index contributed by atoms with van der Waals surface area (Å²) in [4.78, 5) is 26.1. The van der Waals surface area contributed by atoms with E-state index in [1.807, 2.05) is 31.2 Å². The van der Waals surface area contributed by atoms with Crippen molar-refractivity contribution in [2.45, 2.75) is 6.92 Å². The van der Waals surface area contributed by atoms with Gasteiger partial charge in [-0.15, -0.1) is 0 Å². The molecule has 0 aliphatic heterocycles. The number of methoxy groups -OCH3 is 1. The van der Waals surface area contributed by atoms with Crippen LogP contribution < -0.4 is 14.9 Å². The summed E-state index contributed by atoms with van der Waals surface area (Å²) in [5.41, 5.74) is 2.30. The lowest BCUT2D eigenvalue weighted by Crippen LogP contribution is -2.16. The largest absolute Gasteiger partial charge is 0.497 e. The number of furan rings is 1. The molecule has 0 N–H and O–H groups in total. The fourth-order valence-corrected chi connectivity index (χ4v) is 3.67. The van der Waals surface area contributed by atoms with Crippen molar-refractivity contribution in [3.8, 4) is 22.8 Å². The van der Waals surface area contributed by atoms with Gasteiger partial charge in [-0.25, -0.2) is 0 Å². The Balaban J connectivity index is 1.55. The minimum Gasteiger partial charge on any atom is -0.497 e. The molecule has 0 saturated heterocycles. The Labute approximate surface area is 189 Å². The average molecular weight is 440 g/mol. The molecule has 6 nitrogen and oxygen atoms in total. The lowest BCUT2D eigenvalue weighted by molar-refractivity contribution is 0.0894. The lowest BCUT2D eigenvalue weighted by Gasteiger charge is -2.12. The van der Waals surface area contributed by atoms with E-state index in [4.69, 9.17) is 18.3 Å². The number of carbonyl (C=O) groups is 1. The Morgan fingerprint density at radius 3 is 2.45 bits per heavy atom. The lowest BCUT2D eigenvalue weighted by atomic mass is 10.1. The van der Waals surface area contributed by atoms with Crippen LogP contribution in [0.2, 0.25) is 0 Å². The molecule has 5 aromatic rings. The van der Waals surface area contributed by atoms with Gasteiger partial charge in [-0.1, -0.05) is 24.3 Å². The number of hydrogen-bond donors (Lipinski definition) is 0. The van der Waals surface area contributed by atoms with Crippen LogP contribution in [-0.4, -0.2) is 19.5 Å². The first kappa shape index (κ1) is 20.6. The van der Waals surface area contributed by atoms with Gasteiger partial charge < -0.3 is 18.3 Å². The van der Waals surface area contributed by atoms with E-state index in [1.165, 1.54) is 0 Å². The molecule has 0 aliphatic rings. The van der Waals surface area contributed by atoms with Gasteiger partial charge in [-0.3, -0.25) is 9.59 Å². The second-order valence-corrected chi connectivity index (χ2v) is 7.68. The van der Waals surface area contributed by atoms with Crippen LogP contribution in [-0.2, 0) is 0 Å². The SMILES string of the molecule is COc1ccc(-c2oc3cc(C)ccc3c(=O)c2OCC(=O)c2cc3ccccc3o2)cc1. The number of fused-ring (bicyclic) bond motifs is 2. The van der Waals surface area contributed by atoms with Crippen molar-refractivity contribution in [2.75, 3.05) is 13.7 Å². The molecule has 33 heavy (non-hydrogen) atoms. The molecule has 0 unspecified atom stereocenters. The van der Waals surface area contributed by atoms with Crippen LogP contribution in [0.3, 0.4) is 0 Å². The standard InChI is InChI=1S/C27H20O6/c1-16-7-12-20-23(13-16)33-26(17-8-10-19(30-2)11-9-17)27(25(20)29)31-15-21(28)24-14-18-5-3-4-6-22(18)32-24/h3-14H,15H2,1-2H3. The van der Waals surface area contributed by atoms with Crippen LogP contribution in [0.1, 0.15) is 16.1 Å². The van der Waals surface area contributed by atoms with Crippen LogP contribution in [0.25, 0.3) is 33.3 Å². The third kappa shape index (κ3) is 3.87. The molecule has 0 aliphatic carbocycles. The topological polar surface area (TPSA) is 78.9 Å². The normalized spacial score (nSPS) is 11.1. The second kappa shape index (κ2) is 8.31. The number of aryl methyl sites for hydroxylation is 1. The average Bonchev–Trinajstić information content (AvgIpc) is 3.27. The molecular formula is C27H20O6. The Bertz CT molecular complexity index is 1510. The first-order valence-corrected chi connectivity index (χ1v) is 10.4. The number of rotatable bonds is 6. The van der Waals surface area contributed by atoms with Crippen molar-refractivity contribution in [3.05, 3.63) is 94.3 Å². The van der Waals surface area contributed by atoms with Gasteiger partial charge >= 0.3 is 0 Å². The van der Waals surface area contributed by atoms with E-state index in [0.717, 1.165) is 10.9 Å². The highest BCUT2D eigenvalue weighted by atomic mass is 16.5. The molecule has 0 saturated carbocycles. The molecule has 5 rings (SSSR count). The predicted octanol–water partition coefficient (Wildman–Crippen LogP) is 5.78. The van der Waals surface area contributed by atoms with Crippen LogP contribution in [0, 0.1) is 6.92 Å². The molecule has 0 spiro atoms. The second-order valence-electron chi connectivity index (χ2n) is 7.68. The summed E-state index contributed by atoms with van der Waals surface area (Å²) in [6.07, 6.45) is 0. The maximum Gasteiger partial charge on any atom is 0.235 e. The van der Waals surface area contributed by atoms with Gasteiger partial charge in [-0.2, -0.15) is 0 Å². The van der Waals surface area contributed by atoms with E-state index in [1.54, 1.807) is 55.6 Å². The smallest absolute Gasteiger partial charge is 0.235 e. The van der Waals surface area contributed by atoms with E-state index in [0.29, 0.717) is 27.9 Å². The summed E-state index contributed by atoms with van der Waals surface area (Å²) in [5, 5.41) is 1.20. The zero-order valence-corrected chi connectivity index (χ0v) is 18.1. The number of para-hydroxylation sites is 1. The zero-order valence-electron chi connectivity index (χ0n) is 18.1. The Hall–Kier alpha value is -4.32. The maximum absolute atomic E-state index is 13.3. The first-order valence-electron chi connectivity index (χ1n) is 10.4. The van der Waals surface area contributed by atoms with Gasteiger partial charge in [0, 0.05) is 10.9 Å². The molecule has 0 fully saturated rings. The van der Waals surface area contributed by atoms with Gasteiger partial charge in [0.15, 0.2) is 18.1 Å². The van der Waals surface area contributed by atoms with Crippen molar-refractivity contribution in [1.29, 1.82) is 0 Å². The van der Waals surface area contributed by atoms with Crippen LogP contribution in [0.5, 0.6) is 11.5 Å². The minimum absolute atomic E-state index is 0.0269. The van der Waals surface area contributed by atoms with E-state index in [2.05, 4.69) is 0 Å². The molecule has 3 aromatic carbocycles. The van der Waals surface area contributed by atoms with Gasteiger partial charge in [0.05, 0.1) is 12.5 Å². The number of ketones is 1. The summed E-state index contributed by atoms with van der Waals surface area (Å²) in [7, 11) is 1.58. The summed E-state index contributed by atoms with van der Waals surface area (Å²) in [5.74, 6) is 0.678. The Kier molecular flexibility index (Phi) is 5.18. The molecule has 164 valence electrons. The van der Waals surface area contributed by atoms with Gasteiger partial charge in [0.1, 0.15) is 16.9 Å². The molecule has 0 amide bonds. The highest BCUT2D eigenvalue weighted by Crippen LogP contribution is 2.32. The van der Waals surface area contributed by atoms with Crippen molar-refractivity contribution >= 4 is 27.7 Å². The van der Waals surface area contributed by atoms with Crippen LogP contribution in [0.15, 0.2) is 86.4 Å². The predicted molar refractivity (Wildman–Crippen MR) is 125 cm³/mol. The molecule has 0 radical (unpaired) electrons. The van der Waals surface area contributed by atoms with Crippen molar-refractivity contribution < 1.29 is 23.1 Å². The van der Waals surface area contributed by atoms with Crippen LogP contribution >= 0.6 is 0 Å². The fourth-order valence-electron chi connectivity index (χ4n) is 3.67. The third-order valence-electron chi connectivity index (χ3n) is 5.41. The highest BCUT2D eigenvalue weighted by molar-refractivity contribution is 5.98. The molecule has 2 aromatic heterocycles. The number of hydrogen-bond acceptors (Lipinski definition) is 6. The number of carbonyl (C=O) groups excluding carboxylic acids is 1. The summed E-state index contributed by atoms with van der Waals surface area (Å²) in [6.45, 7) is 1.55. The maximum atomic E-state index is 13.3. The fraction of sp³-hybridized carbons (Fsp3) is 0.111. The van der Waals surface area contributed by atoms with Crippen LogP contribution in [0.4, 0.5) is 0 Å². The minimum atomic E-state index is -0.379. The molecule has 6 heteroatoms. The van der Waals surface area contributed by atoms with E-state index < -0.39 is 0 Å².